The van der Waals surface area contributed by atoms with Crippen molar-refractivity contribution in [2.75, 3.05) is 26.4 Å². The maximum atomic E-state index is 14.4. The van der Waals surface area contributed by atoms with Gasteiger partial charge in [-0.2, -0.15) is 0 Å². The Kier molecular flexibility index (Phi) is 13.4. The molecule has 3 unspecified atom stereocenters. The molecule has 1 fully saturated rings. The van der Waals surface area contributed by atoms with E-state index in [1.165, 1.54) is 4.90 Å². The number of ether oxygens (including phenoxy) is 3. The number of benzene rings is 2. The molecule has 4 amide bonds. The summed E-state index contributed by atoms with van der Waals surface area (Å²) in [7, 11) is 0. The molecule has 1 aromatic heterocycles. The summed E-state index contributed by atoms with van der Waals surface area (Å²) < 4.78 is 17.2. The molecule has 282 valence electrons. The first-order valence-electron chi connectivity index (χ1n) is 18.5. The molecular formula is C39H53N5O8. The number of carbonyl (C=O) groups excluding carboxylic acids is 3. The highest BCUT2D eigenvalue weighted by molar-refractivity contribution is 5.94. The number of rotatable bonds is 18. The van der Waals surface area contributed by atoms with Gasteiger partial charge in [0.2, 0.25) is 18.6 Å². The molecule has 3 heterocycles. The Morgan fingerprint density at radius 3 is 2.40 bits per heavy atom. The van der Waals surface area contributed by atoms with Crippen molar-refractivity contribution < 1.29 is 38.5 Å². The topological polar surface area (TPSA) is 163 Å². The van der Waals surface area contributed by atoms with Crippen LogP contribution in [-0.4, -0.2) is 94.4 Å². The minimum Gasteiger partial charge on any atom is -0.480 e. The second kappa shape index (κ2) is 18.1. The van der Waals surface area contributed by atoms with Crippen LogP contribution in [0.4, 0.5) is 4.79 Å². The summed E-state index contributed by atoms with van der Waals surface area (Å²) in [6.07, 6.45) is 3.58. The van der Waals surface area contributed by atoms with Gasteiger partial charge in [-0.1, -0.05) is 64.8 Å². The Hall–Kier alpha value is -4.78. The lowest BCUT2D eigenvalue weighted by Crippen LogP contribution is -2.57. The van der Waals surface area contributed by atoms with Crippen molar-refractivity contribution in [3.05, 3.63) is 59.8 Å². The molecular weight excluding hydrogens is 666 g/mol. The number of para-hydroxylation sites is 1. The van der Waals surface area contributed by atoms with E-state index in [0.29, 0.717) is 36.7 Å². The number of carbonyl (C=O) groups is 4. The van der Waals surface area contributed by atoms with Crippen molar-refractivity contribution in [1.29, 1.82) is 0 Å². The molecule has 0 bridgehead atoms. The smallest absolute Gasteiger partial charge is 0.326 e. The fraction of sp³-hybridized carbons (Fsp3) is 0.538. The standard InChI is InChI=1S/C39H53N5O8/c1-5-7-15-43(16-8-6-2)39(49)42-31(17-25(3)4)37(46)44-22-29(50-23-26-13-14-34-35(18-26)52-24-51-34)21-33(44)36(45)41-32(38(47)48)20-28-19-27-11-9-10-12-30(27)40-28/h9-14,18-19,25,29,31-33,40H,5-8,15-17,20-24H2,1-4H3,(H,41,45)(H,42,49)(H,47,48)/t29-,31?,32?,33?/m0/s1. The molecule has 2 aromatic carbocycles. The van der Waals surface area contributed by atoms with Gasteiger partial charge < -0.3 is 44.7 Å². The van der Waals surface area contributed by atoms with E-state index in [-0.39, 0.29) is 44.7 Å². The number of carboxylic acids is 1. The quantitative estimate of drug-likeness (QED) is 0.139. The number of unbranched alkanes of at least 4 members (excludes halogenated alkanes) is 2. The van der Waals surface area contributed by atoms with Crippen LogP contribution in [0.5, 0.6) is 11.5 Å². The van der Waals surface area contributed by atoms with Crippen molar-refractivity contribution in [3.8, 4) is 11.5 Å². The van der Waals surface area contributed by atoms with E-state index in [9.17, 15) is 24.3 Å². The largest absolute Gasteiger partial charge is 0.480 e. The highest BCUT2D eigenvalue weighted by atomic mass is 16.7. The highest BCUT2D eigenvalue weighted by Gasteiger charge is 2.43. The summed E-state index contributed by atoms with van der Waals surface area (Å²) >= 11 is 0. The van der Waals surface area contributed by atoms with Crippen LogP contribution in [0, 0.1) is 5.92 Å². The first kappa shape index (κ1) is 38.5. The average Bonchev–Trinajstić information content (AvgIpc) is 3.87. The zero-order chi connectivity index (χ0) is 37.2. The molecule has 3 aromatic rings. The molecule has 0 saturated carbocycles. The maximum Gasteiger partial charge on any atom is 0.326 e. The van der Waals surface area contributed by atoms with E-state index in [1.54, 1.807) is 4.90 Å². The summed E-state index contributed by atoms with van der Waals surface area (Å²) in [5.74, 6) is -0.842. The van der Waals surface area contributed by atoms with Gasteiger partial charge in [-0.15, -0.1) is 0 Å². The summed E-state index contributed by atoms with van der Waals surface area (Å²) in [5, 5.41) is 16.8. The first-order valence-corrected chi connectivity index (χ1v) is 18.5. The number of aromatic nitrogens is 1. The lowest BCUT2D eigenvalue weighted by molar-refractivity contribution is -0.144. The Morgan fingerprint density at radius 2 is 1.71 bits per heavy atom. The molecule has 4 N–H and O–H groups in total. The fourth-order valence-electron chi connectivity index (χ4n) is 6.73. The number of nitrogens with one attached hydrogen (secondary N) is 3. The van der Waals surface area contributed by atoms with Crippen LogP contribution in [0.15, 0.2) is 48.5 Å². The van der Waals surface area contributed by atoms with Crippen LogP contribution in [0.25, 0.3) is 10.9 Å². The Labute approximate surface area is 305 Å². The van der Waals surface area contributed by atoms with Gasteiger partial charge in [0, 0.05) is 43.7 Å². The van der Waals surface area contributed by atoms with Gasteiger partial charge in [0.05, 0.1) is 12.7 Å². The summed E-state index contributed by atoms with van der Waals surface area (Å²) in [6, 6.07) is 11.5. The van der Waals surface area contributed by atoms with E-state index in [1.807, 2.05) is 62.4 Å². The normalized spacial score (nSPS) is 17.7. The summed E-state index contributed by atoms with van der Waals surface area (Å²) in [5.41, 5.74) is 2.36. The predicted octanol–water partition coefficient (Wildman–Crippen LogP) is 5.22. The van der Waals surface area contributed by atoms with Gasteiger partial charge in [0.15, 0.2) is 11.5 Å². The number of hydrogen-bond acceptors (Lipinski definition) is 7. The molecule has 13 heteroatoms. The van der Waals surface area contributed by atoms with Gasteiger partial charge in [-0.25, -0.2) is 9.59 Å². The van der Waals surface area contributed by atoms with E-state index in [0.717, 1.165) is 42.1 Å². The number of carboxylic acid groups (broad SMARTS) is 1. The minimum atomic E-state index is -1.25. The van der Waals surface area contributed by atoms with Crippen LogP contribution in [0.2, 0.25) is 0 Å². The summed E-state index contributed by atoms with van der Waals surface area (Å²) in [6.45, 7) is 9.71. The lowest BCUT2D eigenvalue weighted by atomic mass is 10.0. The van der Waals surface area contributed by atoms with E-state index < -0.39 is 42.0 Å². The third kappa shape index (κ3) is 9.96. The molecule has 2 aliphatic rings. The molecule has 0 spiro atoms. The number of nitrogens with zero attached hydrogens (tertiary/aromatic N) is 2. The van der Waals surface area contributed by atoms with Gasteiger partial charge in [0.25, 0.3) is 0 Å². The van der Waals surface area contributed by atoms with Crippen molar-refractivity contribution in [2.24, 2.45) is 5.92 Å². The number of aromatic amines is 1. The number of likely N-dealkylation sites (tertiary alicyclic amines) is 1. The van der Waals surface area contributed by atoms with E-state index in [4.69, 9.17) is 14.2 Å². The van der Waals surface area contributed by atoms with Crippen LogP contribution in [0.1, 0.15) is 77.5 Å². The third-order valence-corrected chi connectivity index (χ3v) is 9.55. The molecule has 5 rings (SSSR count). The van der Waals surface area contributed by atoms with Gasteiger partial charge in [-0.3, -0.25) is 9.59 Å². The third-order valence-electron chi connectivity index (χ3n) is 9.55. The Balaban J connectivity index is 1.35. The lowest BCUT2D eigenvalue weighted by Gasteiger charge is -2.31. The molecule has 0 radical (unpaired) electrons. The number of hydrogen-bond donors (Lipinski definition) is 4. The zero-order valence-corrected chi connectivity index (χ0v) is 30.7. The Morgan fingerprint density at radius 1 is 0.981 bits per heavy atom. The number of aliphatic carboxylic acids is 1. The molecule has 2 aliphatic heterocycles. The number of fused-ring (bicyclic) bond motifs is 2. The average molecular weight is 720 g/mol. The van der Waals surface area contributed by atoms with Crippen LogP contribution >= 0.6 is 0 Å². The number of amides is 4. The minimum absolute atomic E-state index is 0.0256. The molecule has 4 atom stereocenters. The monoisotopic (exact) mass is 719 g/mol. The van der Waals surface area contributed by atoms with Gasteiger partial charge in [-0.05, 0) is 60.4 Å². The molecule has 1 saturated heterocycles. The van der Waals surface area contributed by atoms with E-state index in [2.05, 4.69) is 29.5 Å². The van der Waals surface area contributed by atoms with Crippen LogP contribution < -0.4 is 20.1 Å². The molecule has 0 aliphatic carbocycles. The number of urea groups is 1. The summed E-state index contributed by atoms with van der Waals surface area (Å²) in [4.78, 5) is 61.0. The van der Waals surface area contributed by atoms with Crippen molar-refractivity contribution in [3.63, 3.8) is 0 Å². The second-order valence-electron chi connectivity index (χ2n) is 14.2. The predicted molar refractivity (Wildman–Crippen MR) is 196 cm³/mol. The van der Waals surface area contributed by atoms with Gasteiger partial charge >= 0.3 is 12.0 Å². The van der Waals surface area contributed by atoms with Crippen molar-refractivity contribution >= 4 is 34.7 Å². The van der Waals surface area contributed by atoms with Crippen LogP contribution in [0.3, 0.4) is 0 Å². The van der Waals surface area contributed by atoms with Crippen LogP contribution in [-0.2, 0) is 32.1 Å². The van der Waals surface area contributed by atoms with Gasteiger partial charge in [0.1, 0.15) is 18.1 Å². The highest BCUT2D eigenvalue weighted by Crippen LogP contribution is 2.33. The molecule has 52 heavy (non-hydrogen) atoms. The van der Waals surface area contributed by atoms with E-state index >= 15 is 0 Å². The SMILES string of the molecule is CCCCN(CCCC)C(=O)NC(CC(C)C)C(=O)N1C[C@@H](OCc2ccc3c(c2)OCO3)CC1C(=O)NC(Cc1cc2ccccc2[nH]1)C(=O)O. The molecule has 13 nitrogen and oxygen atoms in total. The van der Waals surface area contributed by atoms with Crippen molar-refractivity contribution in [1.82, 2.24) is 25.4 Å². The first-order chi connectivity index (χ1) is 25.1. The Bertz CT molecular complexity index is 1650. The number of H-pyrrole nitrogens is 1. The second-order valence-corrected chi connectivity index (χ2v) is 14.2. The fourth-order valence-corrected chi connectivity index (χ4v) is 6.73. The maximum absolute atomic E-state index is 14.4. The zero-order valence-electron chi connectivity index (χ0n) is 30.7. The van der Waals surface area contributed by atoms with Crippen molar-refractivity contribution in [2.45, 2.75) is 103 Å².